The molecule has 0 saturated carbocycles. The lowest BCUT2D eigenvalue weighted by Gasteiger charge is -2.11. The molecule has 1 unspecified atom stereocenters. The van der Waals surface area contributed by atoms with Crippen molar-refractivity contribution in [1.82, 2.24) is 4.98 Å². The van der Waals surface area contributed by atoms with Gasteiger partial charge in [0.15, 0.2) is 11.4 Å². The Hall–Kier alpha value is -4.00. The maximum atomic E-state index is 13.9. The first-order valence-electron chi connectivity index (χ1n) is 9.04. The van der Waals surface area contributed by atoms with E-state index < -0.39 is 12.0 Å². The molecule has 6 nitrogen and oxygen atoms in total. The van der Waals surface area contributed by atoms with Crippen LogP contribution < -0.4 is 10.6 Å². The third-order valence-electron chi connectivity index (χ3n) is 4.62. The van der Waals surface area contributed by atoms with Crippen molar-refractivity contribution in [2.24, 2.45) is 4.99 Å². The predicted octanol–water partition coefficient (Wildman–Crippen LogP) is 4.19. The van der Waals surface area contributed by atoms with Crippen LogP contribution in [0, 0.1) is 5.82 Å². The van der Waals surface area contributed by atoms with Crippen LogP contribution >= 0.6 is 0 Å². The molecular formula is C22H15FN4O2. The zero-order valence-corrected chi connectivity index (χ0v) is 15.1. The molecule has 3 aromatic carbocycles. The van der Waals surface area contributed by atoms with Crippen molar-refractivity contribution < 1.29 is 13.6 Å². The predicted molar refractivity (Wildman–Crippen MR) is 109 cm³/mol. The van der Waals surface area contributed by atoms with Crippen LogP contribution in [-0.4, -0.2) is 22.8 Å². The van der Waals surface area contributed by atoms with Crippen LogP contribution in [0.3, 0.4) is 0 Å². The summed E-state index contributed by atoms with van der Waals surface area (Å²) in [6, 6.07) is 21.5. The minimum absolute atomic E-state index is 0.0207. The van der Waals surface area contributed by atoms with Gasteiger partial charge in [-0.2, -0.15) is 4.98 Å². The number of fused-ring (bicyclic) bond motifs is 2. The lowest BCUT2D eigenvalue weighted by atomic mass is 10.0. The monoisotopic (exact) mass is 386 g/mol. The summed E-state index contributed by atoms with van der Waals surface area (Å²) in [6.45, 7) is 0. The summed E-state index contributed by atoms with van der Waals surface area (Å²) < 4.78 is 19.5. The molecule has 0 radical (unpaired) electrons. The highest BCUT2D eigenvalue weighted by atomic mass is 19.1. The molecule has 0 saturated heterocycles. The Morgan fingerprint density at radius 2 is 1.76 bits per heavy atom. The van der Waals surface area contributed by atoms with Crippen LogP contribution in [0.15, 0.2) is 82.2 Å². The third kappa shape index (κ3) is 3.12. The number of amides is 1. The normalized spacial score (nSPS) is 16.0. The molecule has 1 aromatic heterocycles. The Labute approximate surface area is 165 Å². The van der Waals surface area contributed by atoms with E-state index in [4.69, 9.17) is 4.42 Å². The number of hydrogen-bond acceptors (Lipinski definition) is 5. The number of nitrogens with one attached hydrogen (secondary N) is 2. The second kappa shape index (κ2) is 6.87. The molecule has 2 heterocycles. The highest BCUT2D eigenvalue weighted by Crippen LogP contribution is 2.26. The minimum atomic E-state index is -1.01. The maximum absolute atomic E-state index is 13.9. The second-order valence-corrected chi connectivity index (χ2v) is 6.53. The van der Waals surface area contributed by atoms with Gasteiger partial charge in [0, 0.05) is 11.1 Å². The first kappa shape index (κ1) is 17.1. The molecule has 0 aliphatic carbocycles. The average molecular weight is 386 g/mol. The number of nitrogens with zero attached hydrogens (tertiary/aromatic N) is 2. The van der Waals surface area contributed by atoms with Crippen LogP contribution in [0.25, 0.3) is 11.1 Å². The number of aliphatic imine (C=N–C) groups is 1. The molecule has 0 bridgehead atoms. The minimum Gasteiger partial charge on any atom is -0.423 e. The maximum Gasteiger partial charge on any atom is 0.297 e. The lowest BCUT2D eigenvalue weighted by molar-refractivity contribution is -0.116. The number of oxazole rings is 1. The molecule has 2 N–H and O–H groups in total. The van der Waals surface area contributed by atoms with Crippen molar-refractivity contribution in [1.29, 1.82) is 0 Å². The van der Waals surface area contributed by atoms with Crippen molar-refractivity contribution >= 4 is 34.4 Å². The number of benzene rings is 3. The Balaban J connectivity index is 1.58. The molecule has 7 heteroatoms. The van der Waals surface area contributed by atoms with E-state index in [9.17, 15) is 9.18 Å². The molecule has 1 aliphatic rings. The summed E-state index contributed by atoms with van der Waals surface area (Å²) in [5.41, 5.74) is 3.37. The third-order valence-corrected chi connectivity index (χ3v) is 4.62. The summed E-state index contributed by atoms with van der Waals surface area (Å²) >= 11 is 0. The second-order valence-electron chi connectivity index (χ2n) is 6.53. The summed E-state index contributed by atoms with van der Waals surface area (Å²) in [7, 11) is 0. The number of halogens is 1. The van der Waals surface area contributed by atoms with Gasteiger partial charge in [-0.15, -0.1) is 0 Å². The van der Waals surface area contributed by atoms with Gasteiger partial charge >= 0.3 is 0 Å². The molecule has 1 atom stereocenters. The Morgan fingerprint density at radius 3 is 2.59 bits per heavy atom. The van der Waals surface area contributed by atoms with Crippen molar-refractivity contribution in [3.05, 3.63) is 89.7 Å². The fourth-order valence-electron chi connectivity index (χ4n) is 3.27. The number of aromatic nitrogens is 1. The number of benzodiazepines with no additional fused rings is 1. The van der Waals surface area contributed by atoms with Crippen LogP contribution in [0.2, 0.25) is 0 Å². The van der Waals surface area contributed by atoms with E-state index in [0.717, 1.165) is 11.1 Å². The Kier molecular flexibility index (Phi) is 4.05. The first-order valence-corrected chi connectivity index (χ1v) is 9.04. The van der Waals surface area contributed by atoms with Gasteiger partial charge in [-0.3, -0.25) is 4.79 Å². The smallest absolute Gasteiger partial charge is 0.297 e. The van der Waals surface area contributed by atoms with E-state index in [1.165, 1.54) is 12.1 Å². The van der Waals surface area contributed by atoms with Crippen LogP contribution in [0.1, 0.15) is 11.1 Å². The zero-order chi connectivity index (χ0) is 19.8. The van der Waals surface area contributed by atoms with Crippen molar-refractivity contribution in [2.45, 2.75) is 6.17 Å². The Bertz CT molecular complexity index is 1250. The molecular weight excluding hydrogens is 371 g/mol. The van der Waals surface area contributed by atoms with Gasteiger partial charge < -0.3 is 15.1 Å². The fraction of sp³-hybridized carbons (Fsp3) is 0.0455. The Morgan fingerprint density at radius 1 is 0.966 bits per heavy atom. The number of para-hydroxylation sites is 2. The summed E-state index contributed by atoms with van der Waals surface area (Å²) in [4.78, 5) is 21.6. The summed E-state index contributed by atoms with van der Waals surface area (Å²) in [5.74, 6) is -0.864. The van der Waals surface area contributed by atoms with E-state index in [1.54, 1.807) is 6.07 Å². The SMILES string of the molecule is O=C1Nc2ccccc2C(c2ccccc2)=NC1Nc1nc2c(F)cccc2o1. The van der Waals surface area contributed by atoms with Crippen molar-refractivity contribution in [2.75, 3.05) is 10.6 Å². The number of hydrogen-bond donors (Lipinski definition) is 2. The lowest BCUT2D eigenvalue weighted by Crippen LogP contribution is -2.32. The largest absolute Gasteiger partial charge is 0.423 e. The van der Waals surface area contributed by atoms with Gasteiger partial charge in [0.25, 0.3) is 11.9 Å². The van der Waals surface area contributed by atoms with Crippen LogP contribution in [0.5, 0.6) is 0 Å². The summed E-state index contributed by atoms with van der Waals surface area (Å²) in [6.07, 6.45) is -1.01. The standard InChI is InChI=1S/C22H15FN4O2/c23-15-10-6-12-17-19(15)26-22(29-17)27-20-21(28)24-16-11-5-4-9-14(16)18(25-20)13-7-2-1-3-8-13/h1-12,20H,(H,24,28)(H,26,27). The van der Waals surface area contributed by atoms with E-state index >= 15 is 0 Å². The number of carbonyl (C=O) groups is 1. The van der Waals surface area contributed by atoms with Gasteiger partial charge in [-0.1, -0.05) is 54.6 Å². The molecule has 0 spiro atoms. The van der Waals surface area contributed by atoms with Crippen molar-refractivity contribution in [3.63, 3.8) is 0 Å². The van der Waals surface area contributed by atoms with Crippen LogP contribution in [0.4, 0.5) is 16.1 Å². The van der Waals surface area contributed by atoms with E-state index in [2.05, 4.69) is 20.6 Å². The molecule has 0 fully saturated rings. The van der Waals surface area contributed by atoms with E-state index in [1.807, 2.05) is 54.6 Å². The van der Waals surface area contributed by atoms with Crippen LogP contribution in [-0.2, 0) is 4.79 Å². The van der Waals surface area contributed by atoms with Crippen molar-refractivity contribution in [3.8, 4) is 0 Å². The summed E-state index contributed by atoms with van der Waals surface area (Å²) in [5, 5.41) is 5.76. The molecule has 1 aliphatic heterocycles. The molecule has 5 rings (SSSR count). The van der Waals surface area contributed by atoms with Gasteiger partial charge in [-0.25, -0.2) is 9.38 Å². The quantitative estimate of drug-likeness (QED) is 0.553. The first-order chi connectivity index (χ1) is 14.2. The molecule has 4 aromatic rings. The van der Waals surface area contributed by atoms with E-state index in [-0.39, 0.29) is 23.0 Å². The van der Waals surface area contributed by atoms with Gasteiger partial charge in [-0.05, 0) is 18.2 Å². The fourth-order valence-corrected chi connectivity index (χ4v) is 3.27. The van der Waals surface area contributed by atoms with E-state index in [0.29, 0.717) is 11.4 Å². The van der Waals surface area contributed by atoms with Gasteiger partial charge in [0.2, 0.25) is 6.17 Å². The molecule has 29 heavy (non-hydrogen) atoms. The molecule has 142 valence electrons. The number of carbonyl (C=O) groups excluding carboxylic acids is 1. The number of rotatable bonds is 3. The zero-order valence-electron chi connectivity index (χ0n) is 15.1. The highest BCUT2D eigenvalue weighted by Gasteiger charge is 2.27. The average Bonchev–Trinajstić information content (AvgIpc) is 3.10. The van der Waals surface area contributed by atoms with Gasteiger partial charge in [0.1, 0.15) is 5.52 Å². The highest BCUT2D eigenvalue weighted by molar-refractivity contribution is 6.19. The number of anilines is 2. The van der Waals surface area contributed by atoms with Gasteiger partial charge in [0.05, 0.1) is 11.4 Å². The topological polar surface area (TPSA) is 79.5 Å². The molecule has 1 amide bonds.